The van der Waals surface area contributed by atoms with E-state index in [1.54, 1.807) is 0 Å². The molecule has 2 unspecified atom stereocenters. The molecule has 3 nitrogen and oxygen atoms in total. The molecule has 0 aliphatic carbocycles. The Morgan fingerprint density at radius 1 is 1.57 bits per heavy atom. The summed E-state index contributed by atoms with van der Waals surface area (Å²) in [7, 11) is 0. The molecule has 0 spiro atoms. The number of nitrogens with two attached hydrogens (primary N) is 1. The van der Waals surface area contributed by atoms with Crippen LogP contribution in [-0.4, -0.2) is 43.8 Å². The van der Waals surface area contributed by atoms with Crippen molar-refractivity contribution in [1.29, 1.82) is 0 Å². The van der Waals surface area contributed by atoms with Gasteiger partial charge in [0, 0.05) is 25.7 Å². The summed E-state index contributed by atoms with van der Waals surface area (Å²) >= 11 is 0. The van der Waals surface area contributed by atoms with Crippen molar-refractivity contribution in [2.24, 2.45) is 11.7 Å². The highest BCUT2D eigenvalue weighted by atomic mass is 16.5. The molecule has 0 bridgehead atoms. The number of piperidine rings is 1. The first-order valence-corrected chi connectivity index (χ1v) is 5.79. The molecule has 3 heteroatoms. The van der Waals surface area contributed by atoms with Gasteiger partial charge in [0.1, 0.15) is 0 Å². The first-order valence-electron chi connectivity index (χ1n) is 5.79. The lowest BCUT2D eigenvalue weighted by Gasteiger charge is -2.34. The largest absolute Gasteiger partial charge is 0.380 e. The first-order chi connectivity index (χ1) is 6.74. The van der Waals surface area contributed by atoms with Crippen molar-refractivity contribution in [3.63, 3.8) is 0 Å². The standard InChI is InChI=1S/C11H24N2O/c1-3-14-8-7-13-6-4-5-11(9-13)10(2)12/h10-11H,3-9,12H2,1-2H3. The van der Waals surface area contributed by atoms with Gasteiger partial charge in [-0.3, -0.25) is 0 Å². The summed E-state index contributed by atoms with van der Waals surface area (Å²) in [6, 6.07) is 0.338. The fraction of sp³-hybridized carbons (Fsp3) is 1.00. The molecule has 0 radical (unpaired) electrons. The van der Waals surface area contributed by atoms with Gasteiger partial charge in [-0.1, -0.05) is 0 Å². The fourth-order valence-corrected chi connectivity index (χ4v) is 2.06. The van der Waals surface area contributed by atoms with Crippen LogP contribution < -0.4 is 5.73 Å². The van der Waals surface area contributed by atoms with Gasteiger partial charge in [0.15, 0.2) is 0 Å². The van der Waals surface area contributed by atoms with Crippen molar-refractivity contribution < 1.29 is 4.74 Å². The minimum Gasteiger partial charge on any atom is -0.380 e. The second-order valence-corrected chi connectivity index (χ2v) is 4.26. The van der Waals surface area contributed by atoms with Gasteiger partial charge in [0.2, 0.25) is 0 Å². The second kappa shape index (κ2) is 6.38. The lowest BCUT2D eigenvalue weighted by atomic mass is 9.92. The maximum atomic E-state index is 5.93. The van der Waals surface area contributed by atoms with E-state index < -0.39 is 0 Å². The van der Waals surface area contributed by atoms with E-state index in [0.29, 0.717) is 12.0 Å². The highest BCUT2D eigenvalue weighted by Gasteiger charge is 2.21. The van der Waals surface area contributed by atoms with Crippen LogP contribution in [0.1, 0.15) is 26.7 Å². The van der Waals surface area contributed by atoms with Gasteiger partial charge in [-0.2, -0.15) is 0 Å². The Balaban J connectivity index is 2.19. The average Bonchev–Trinajstić information content (AvgIpc) is 2.19. The molecule has 1 rings (SSSR count). The SMILES string of the molecule is CCOCCN1CCCC(C(C)N)C1. The molecular weight excluding hydrogens is 176 g/mol. The number of nitrogens with zero attached hydrogens (tertiary/aromatic N) is 1. The molecule has 0 aromatic carbocycles. The van der Waals surface area contributed by atoms with Crippen molar-refractivity contribution in [1.82, 2.24) is 4.90 Å². The third kappa shape index (κ3) is 3.95. The van der Waals surface area contributed by atoms with Crippen molar-refractivity contribution in [2.45, 2.75) is 32.7 Å². The molecule has 1 aliphatic heterocycles. The maximum absolute atomic E-state index is 5.93. The van der Waals surface area contributed by atoms with E-state index in [1.807, 2.05) is 6.92 Å². The van der Waals surface area contributed by atoms with E-state index in [2.05, 4.69) is 11.8 Å². The average molecular weight is 200 g/mol. The van der Waals surface area contributed by atoms with Crippen LogP contribution in [0.2, 0.25) is 0 Å². The van der Waals surface area contributed by atoms with Crippen LogP contribution >= 0.6 is 0 Å². The third-order valence-electron chi connectivity index (χ3n) is 3.04. The molecule has 84 valence electrons. The van der Waals surface area contributed by atoms with E-state index >= 15 is 0 Å². The summed E-state index contributed by atoms with van der Waals surface area (Å²) in [5, 5.41) is 0. The molecule has 0 saturated carbocycles. The first kappa shape index (κ1) is 12.0. The van der Waals surface area contributed by atoms with E-state index in [-0.39, 0.29) is 0 Å². The zero-order valence-corrected chi connectivity index (χ0v) is 9.54. The number of likely N-dealkylation sites (tertiary alicyclic amines) is 1. The zero-order valence-electron chi connectivity index (χ0n) is 9.54. The monoisotopic (exact) mass is 200 g/mol. The Hall–Kier alpha value is -0.120. The summed E-state index contributed by atoms with van der Waals surface area (Å²) in [5.74, 6) is 0.686. The predicted molar refractivity (Wildman–Crippen MR) is 59.3 cm³/mol. The lowest BCUT2D eigenvalue weighted by molar-refractivity contribution is 0.0881. The van der Waals surface area contributed by atoms with Gasteiger partial charge in [-0.25, -0.2) is 0 Å². The van der Waals surface area contributed by atoms with Crippen molar-refractivity contribution in [3.05, 3.63) is 0 Å². The zero-order chi connectivity index (χ0) is 10.4. The molecule has 2 atom stereocenters. The second-order valence-electron chi connectivity index (χ2n) is 4.26. The van der Waals surface area contributed by atoms with Crippen molar-refractivity contribution in [2.75, 3.05) is 32.8 Å². The molecule has 1 aliphatic rings. The minimum absolute atomic E-state index is 0.338. The molecule has 0 aromatic heterocycles. The Labute approximate surface area is 87.6 Å². The van der Waals surface area contributed by atoms with Crippen LogP contribution in [-0.2, 0) is 4.74 Å². The van der Waals surface area contributed by atoms with Crippen LogP contribution in [0.5, 0.6) is 0 Å². The number of rotatable bonds is 5. The molecule has 0 aromatic rings. The topological polar surface area (TPSA) is 38.5 Å². The van der Waals surface area contributed by atoms with Crippen LogP contribution in [0, 0.1) is 5.92 Å². The van der Waals surface area contributed by atoms with E-state index in [1.165, 1.54) is 19.4 Å². The Morgan fingerprint density at radius 3 is 3.00 bits per heavy atom. The molecule has 0 amide bonds. The van der Waals surface area contributed by atoms with Gasteiger partial charge >= 0.3 is 0 Å². The van der Waals surface area contributed by atoms with Crippen LogP contribution in [0.15, 0.2) is 0 Å². The summed E-state index contributed by atoms with van der Waals surface area (Å²) in [6.07, 6.45) is 2.58. The summed E-state index contributed by atoms with van der Waals surface area (Å²) < 4.78 is 5.36. The molecule has 14 heavy (non-hydrogen) atoms. The van der Waals surface area contributed by atoms with Crippen molar-refractivity contribution >= 4 is 0 Å². The van der Waals surface area contributed by atoms with Gasteiger partial charge < -0.3 is 15.4 Å². The lowest BCUT2D eigenvalue weighted by Crippen LogP contribution is -2.43. The van der Waals surface area contributed by atoms with E-state index in [9.17, 15) is 0 Å². The highest BCUT2D eigenvalue weighted by molar-refractivity contribution is 4.78. The number of hydrogen-bond acceptors (Lipinski definition) is 3. The summed E-state index contributed by atoms with van der Waals surface area (Å²) in [6.45, 7) is 9.29. The smallest absolute Gasteiger partial charge is 0.0593 e. The molecule has 1 saturated heterocycles. The van der Waals surface area contributed by atoms with Crippen LogP contribution in [0.25, 0.3) is 0 Å². The Kier molecular flexibility index (Phi) is 5.45. The van der Waals surface area contributed by atoms with Gasteiger partial charge in [0.05, 0.1) is 6.61 Å². The third-order valence-corrected chi connectivity index (χ3v) is 3.04. The summed E-state index contributed by atoms with van der Waals surface area (Å²) in [5.41, 5.74) is 5.93. The van der Waals surface area contributed by atoms with Crippen LogP contribution in [0.4, 0.5) is 0 Å². The van der Waals surface area contributed by atoms with Crippen LogP contribution in [0.3, 0.4) is 0 Å². The number of ether oxygens (including phenoxy) is 1. The summed E-state index contributed by atoms with van der Waals surface area (Å²) in [4.78, 5) is 2.48. The molecule has 1 heterocycles. The van der Waals surface area contributed by atoms with Gasteiger partial charge in [0.25, 0.3) is 0 Å². The predicted octanol–water partition coefficient (Wildman–Crippen LogP) is 1.08. The molecular formula is C11H24N2O. The normalized spacial score (nSPS) is 26.4. The highest BCUT2D eigenvalue weighted by Crippen LogP contribution is 2.18. The molecule has 1 fully saturated rings. The van der Waals surface area contributed by atoms with Gasteiger partial charge in [-0.15, -0.1) is 0 Å². The Bertz CT molecular complexity index is 150. The minimum atomic E-state index is 0.338. The maximum Gasteiger partial charge on any atom is 0.0593 e. The fourth-order valence-electron chi connectivity index (χ4n) is 2.06. The van der Waals surface area contributed by atoms with Gasteiger partial charge in [-0.05, 0) is 39.2 Å². The van der Waals surface area contributed by atoms with E-state index in [0.717, 1.165) is 26.3 Å². The molecule has 2 N–H and O–H groups in total. The quantitative estimate of drug-likeness (QED) is 0.675. The Morgan fingerprint density at radius 2 is 2.36 bits per heavy atom. The van der Waals surface area contributed by atoms with E-state index in [4.69, 9.17) is 10.5 Å². The van der Waals surface area contributed by atoms with Crippen molar-refractivity contribution in [3.8, 4) is 0 Å². The number of hydrogen-bond donors (Lipinski definition) is 1.